The van der Waals surface area contributed by atoms with Crippen LogP contribution in [0.25, 0.3) is 11.2 Å². The molecule has 1 saturated heterocycles. The second-order valence-electron chi connectivity index (χ2n) is 5.75. The monoisotopic (exact) mass is 404 g/mol. The molecule has 2 aromatic rings. The molecule has 27 heavy (non-hydrogen) atoms. The highest BCUT2D eigenvalue weighted by Gasteiger charge is 2.60. The normalized spacial score (nSPS) is 28.7. The molecule has 3 heterocycles. The lowest BCUT2D eigenvalue weighted by Gasteiger charge is -2.31. The minimum absolute atomic E-state index is 0.00326. The fourth-order valence-corrected chi connectivity index (χ4v) is 3.26. The van der Waals surface area contributed by atoms with Gasteiger partial charge in [0.2, 0.25) is 11.5 Å². The van der Waals surface area contributed by atoms with E-state index in [0.29, 0.717) is 0 Å². The van der Waals surface area contributed by atoms with E-state index in [-0.39, 0.29) is 17.0 Å². The number of Topliss-reactive ketones (excluding diaryl/α,β-unsaturated/α-hetero) is 1. The van der Waals surface area contributed by atoms with Gasteiger partial charge in [-0.1, -0.05) is 0 Å². The first kappa shape index (κ1) is 19.7. The van der Waals surface area contributed by atoms with Crippen molar-refractivity contribution in [3.05, 3.63) is 12.7 Å². The number of phosphoric acid groups is 1. The summed E-state index contributed by atoms with van der Waals surface area (Å²) in [6, 6.07) is 0. The number of fused-ring (bicyclic) bond motifs is 1. The van der Waals surface area contributed by atoms with Gasteiger partial charge in [-0.25, -0.2) is 19.5 Å². The van der Waals surface area contributed by atoms with Crippen LogP contribution in [-0.4, -0.2) is 76.8 Å². The van der Waals surface area contributed by atoms with E-state index < -0.39 is 50.8 Å². The van der Waals surface area contributed by atoms with Crippen LogP contribution in [0.1, 0.15) is 0 Å². The van der Waals surface area contributed by atoms with E-state index >= 15 is 0 Å². The molecule has 0 bridgehead atoms. The number of hydrogen-bond donors (Lipinski definition) is 6. The number of nitrogens with zero attached hydrogens (tertiary/aromatic N) is 4. The molecular weight excluding hydrogens is 387 g/mol. The first-order valence-electron chi connectivity index (χ1n) is 7.53. The van der Waals surface area contributed by atoms with Gasteiger partial charge in [-0.05, 0) is 0 Å². The maximum Gasteiger partial charge on any atom is 0.469 e. The summed E-state index contributed by atoms with van der Waals surface area (Å²) >= 11 is 0. The fourth-order valence-electron chi connectivity index (χ4n) is 2.91. The Balaban J connectivity index is 2.09. The highest BCUT2D eigenvalue weighted by atomic mass is 31.2. The molecule has 0 aromatic carbocycles. The van der Waals surface area contributed by atoms with Crippen molar-refractivity contribution in [3.8, 4) is 0 Å². The topological polar surface area (TPSA) is 229 Å². The molecule has 0 aliphatic carbocycles. The van der Waals surface area contributed by atoms with Crippen LogP contribution in [0, 0.1) is 0 Å². The van der Waals surface area contributed by atoms with Crippen molar-refractivity contribution in [3.63, 3.8) is 0 Å². The minimum atomic E-state index is -4.88. The van der Waals surface area contributed by atoms with Crippen LogP contribution in [0.2, 0.25) is 0 Å². The van der Waals surface area contributed by atoms with Gasteiger partial charge < -0.3 is 36.2 Å². The molecule has 14 nitrogen and oxygen atoms in total. The molecule has 3 rings (SSSR count). The number of nitrogens with two attached hydrogens (primary N) is 2. The highest BCUT2D eigenvalue weighted by molar-refractivity contribution is 7.46. The SMILES string of the molecule is NCC(=O)[C@@]1(n2cnc3c(N)ncnc32)O[C@H](COP(=O)(O)O)[C@@H](O)[C@H]1O. The maximum atomic E-state index is 12.6. The summed E-state index contributed by atoms with van der Waals surface area (Å²) in [6.45, 7) is -1.39. The first-order chi connectivity index (χ1) is 12.6. The van der Waals surface area contributed by atoms with E-state index in [1.165, 1.54) is 0 Å². The molecule has 148 valence electrons. The van der Waals surface area contributed by atoms with Gasteiger partial charge in [-0.2, -0.15) is 0 Å². The smallest absolute Gasteiger partial charge is 0.387 e. The molecule has 4 atom stereocenters. The Morgan fingerprint density at radius 2 is 2.07 bits per heavy atom. The van der Waals surface area contributed by atoms with Crippen molar-refractivity contribution in [2.24, 2.45) is 5.73 Å². The molecule has 0 radical (unpaired) electrons. The standard InChI is InChI=1S/C12H17N6O8P/c13-1-6(19)12(18-4-17-7-10(14)15-3-16-11(7)18)9(21)8(20)5(26-12)2-25-27(22,23)24/h3-5,8-9,20-21H,1-2,13H2,(H2,14,15,16)(H2,22,23,24)/t5-,8-,9-,12-/m1/s1. The summed E-state index contributed by atoms with van der Waals surface area (Å²) in [4.78, 5) is 42.0. The Kier molecular flexibility index (Phi) is 5.00. The van der Waals surface area contributed by atoms with E-state index in [9.17, 15) is 19.6 Å². The predicted octanol–water partition coefficient (Wildman–Crippen LogP) is -3.18. The number of aliphatic hydroxyl groups is 2. The first-order valence-corrected chi connectivity index (χ1v) is 9.06. The van der Waals surface area contributed by atoms with Crippen LogP contribution in [0.3, 0.4) is 0 Å². The van der Waals surface area contributed by atoms with Crippen molar-refractivity contribution in [2.75, 3.05) is 18.9 Å². The van der Waals surface area contributed by atoms with E-state index in [2.05, 4.69) is 19.5 Å². The molecule has 1 fully saturated rings. The van der Waals surface area contributed by atoms with Gasteiger partial charge in [0, 0.05) is 0 Å². The van der Waals surface area contributed by atoms with Crippen molar-refractivity contribution >= 4 is 30.6 Å². The molecule has 0 saturated carbocycles. The summed E-state index contributed by atoms with van der Waals surface area (Å²) in [5, 5.41) is 20.9. The lowest BCUT2D eigenvalue weighted by atomic mass is 9.98. The fraction of sp³-hybridized carbons (Fsp3) is 0.500. The van der Waals surface area contributed by atoms with Gasteiger partial charge in [0.15, 0.2) is 11.5 Å². The van der Waals surface area contributed by atoms with Crippen LogP contribution in [0.4, 0.5) is 5.82 Å². The molecule has 1 aliphatic heterocycles. The zero-order valence-corrected chi connectivity index (χ0v) is 14.5. The van der Waals surface area contributed by atoms with Gasteiger partial charge in [0.1, 0.15) is 36.5 Å². The summed E-state index contributed by atoms with van der Waals surface area (Å²) in [7, 11) is -4.88. The Morgan fingerprint density at radius 1 is 1.37 bits per heavy atom. The Bertz CT molecular complexity index is 916. The van der Waals surface area contributed by atoms with E-state index in [1.807, 2.05) is 0 Å². The van der Waals surface area contributed by atoms with Crippen LogP contribution < -0.4 is 11.5 Å². The third-order valence-electron chi connectivity index (χ3n) is 4.15. The number of nitrogen functional groups attached to an aromatic ring is 1. The van der Waals surface area contributed by atoms with Crippen LogP contribution >= 0.6 is 7.82 Å². The molecule has 1 aliphatic rings. The summed E-state index contributed by atoms with van der Waals surface area (Å²) in [5.74, 6) is -0.840. The molecule has 2 aromatic heterocycles. The third kappa shape index (κ3) is 3.22. The van der Waals surface area contributed by atoms with Crippen molar-refractivity contribution in [2.45, 2.75) is 24.0 Å². The second-order valence-corrected chi connectivity index (χ2v) is 6.99. The number of anilines is 1. The Hall–Kier alpha value is -2.03. The van der Waals surface area contributed by atoms with E-state index in [0.717, 1.165) is 17.2 Å². The summed E-state index contributed by atoms with van der Waals surface area (Å²) in [6.07, 6.45) is -2.86. The molecular formula is C12H17N6O8P. The van der Waals surface area contributed by atoms with Gasteiger partial charge >= 0.3 is 7.82 Å². The van der Waals surface area contributed by atoms with Crippen molar-refractivity contribution in [1.82, 2.24) is 19.5 Å². The van der Waals surface area contributed by atoms with E-state index in [4.69, 9.17) is 26.0 Å². The zero-order valence-electron chi connectivity index (χ0n) is 13.6. The molecule has 0 amide bonds. The van der Waals surface area contributed by atoms with Crippen LogP contribution in [-0.2, 0) is 24.3 Å². The summed E-state index contributed by atoms with van der Waals surface area (Å²) in [5.41, 5.74) is 9.03. The van der Waals surface area contributed by atoms with Gasteiger partial charge in [0.25, 0.3) is 0 Å². The number of carbonyl (C=O) groups is 1. The number of ketones is 1. The van der Waals surface area contributed by atoms with Crippen LogP contribution in [0.5, 0.6) is 0 Å². The molecule has 8 N–H and O–H groups in total. The lowest BCUT2D eigenvalue weighted by Crippen LogP contribution is -2.53. The van der Waals surface area contributed by atoms with Gasteiger partial charge in [0.05, 0.1) is 13.2 Å². The van der Waals surface area contributed by atoms with Crippen molar-refractivity contribution < 1.29 is 38.6 Å². The molecule has 0 unspecified atom stereocenters. The number of carbonyl (C=O) groups excluding carboxylic acids is 1. The molecule has 15 heteroatoms. The maximum absolute atomic E-state index is 12.6. The summed E-state index contributed by atoms with van der Waals surface area (Å²) < 4.78 is 21.8. The third-order valence-corrected chi connectivity index (χ3v) is 4.63. The number of ether oxygens (including phenoxy) is 1. The largest absolute Gasteiger partial charge is 0.469 e. The van der Waals surface area contributed by atoms with Crippen molar-refractivity contribution in [1.29, 1.82) is 0 Å². The predicted molar refractivity (Wildman–Crippen MR) is 86.7 cm³/mol. The number of imidazole rings is 1. The van der Waals surface area contributed by atoms with Crippen LogP contribution in [0.15, 0.2) is 12.7 Å². The molecule has 0 spiro atoms. The van der Waals surface area contributed by atoms with E-state index in [1.54, 1.807) is 0 Å². The average molecular weight is 404 g/mol. The zero-order chi connectivity index (χ0) is 20.0. The number of rotatable bonds is 6. The number of aliphatic hydroxyl groups excluding tert-OH is 2. The number of aromatic nitrogens is 4. The minimum Gasteiger partial charge on any atom is -0.387 e. The number of hydrogen-bond acceptors (Lipinski definition) is 11. The Morgan fingerprint density at radius 3 is 2.70 bits per heavy atom. The Labute approximate surface area is 151 Å². The van der Waals surface area contributed by atoms with Gasteiger partial charge in [-0.15, -0.1) is 0 Å². The second kappa shape index (κ2) is 6.85. The quantitative estimate of drug-likeness (QED) is 0.261. The highest BCUT2D eigenvalue weighted by Crippen LogP contribution is 2.41. The average Bonchev–Trinajstić information content (AvgIpc) is 3.15. The number of phosphoric ester groups is 1. The lowest BCUT2D eigenvalue weighted by molar-refractivity contribution is -0.172. The van der Waals surface area contributed by atoms with Gasteiger partial charge in [-0.3, -0.25) is 13.9 Å².